The second-order valence-electron chi connectivity index (χ2n) is 8.87. The number of halogens is 1. The number of carboxylic acids is 1. The van der Waals surface area contributed by atoms with Crippen molar-refractivity contribution in [3.63, 3.8) is 0 Å². The smallest absolute Gasteiger partial charge is 0.307 e. The number of rotatable bonds is 12. The Morgan fingerprint density at radius 2 is 1.57 bits per heavy atom. The van der Waals surface area contributed by atoms with E-state index in [0.717, 1.165) is 46.5 Å². The predicted octanol–water partition coefficient (Wildman–Crippen LogP) is 6.21. The minimum absolute atomic E-state index is 0.00504. The van der Waals surface area contributed by atoms with Crippen LogP contribution in [-0.2, 0) is 24.1 Å². The molecule has 0 saturated carbocycles. The molecule has 0 radical (unpaired) electrons. The van der Waals surface area contributed by atoms with Crippen molar-refractivity contribution in [2.75, 3.05) is 14.2 Å². The van der Waals surface area contributed by atoms with Crippen LogP contribution >= 0.6 is 11.6 Å². The third-order valence-electron chi connectivity index (χ3n) is 6.37. The van der Waals surface area contributed by atoms with Crippen LogP contribution in [0.1, 0.15) is 46.8 Å². The number of aliphatic hydroxyl groups excluding tert-OH is 1. The Kier molecular flexibility index (Phi) is 9.58. The van der Waals surface area contributed by atoms with Crippen LogP contribution in [0.25, 0.3) is 0 Å². The van der Waals surface area contributed by atoms with Gasteiger partial charge in [0.15, 0.2) is 0 Å². The largest absolute Gasteiger partial charge is 0.496 e. The summed E-state index contributed by atoms with van der Waals surface area (Å²) in [6.07, 6.45) is 2.47. The Morgan fingerprint density at radius 1 is 0.943 bits per heavy atom. The molecule has 0 aromatic heterocycles. The Hall–Kier alpha value is -3.02. The maximum Gasteiger partial charge on any atom is 0.307 e. The van der Waals surface area contributed by atoms with Crippen molar-refractivity contribution in [1.82, 2.24) is 0 Å². The Labute approximate surface area is 212 Å². The summed E-state index contributed by atoms with van der Waals surface area (Å²) in [5.74, 6) is 0.439. The van der Waals surface area contributed by atoms with Crippen LogP contribution in [0.2, 0.25) is 5.02 Å². The average Bonchev–Trinajstić information content (AvgIpc) is 2.84. The molecule has 0 saturated heterocycles. The molecular formula is C29H33ClO5. The van der Waals surface area contributed by atoms with Crippen LogP contribution < -0.4 is 9.47 Å². The number of benzene rings is 3. The number of hydrogen-bond acceptors (Lipinski definition) is 4. The number of carboxylic acid groups (broad SMARTS) is 1. The zero-order valence-corrected chi connectivity index (χ0v) is 21.2. The average molecular weight is 497 g/mol. The quantitative estimate of drug-likeness (QED) is 0.312. The molecule has 6 heteroatoms. The number of hydrogen-bond donors (Lipinski definition) is 2. The van der Waals surface area contributed by atoms with E-state index in [1.54, 1.807) is 14.2 Å². The lowest BCUT2D eigenvalue weighted by Crippen LogP contribution is -2.17. The molecule has 0 heterocycles. The van der Waals surface area contributed by atoms with Crippen molar-refractivity contribution in [3.05, 3.63) is 93.5 Å². The lowest BCUT2D eigenvalue weighted by molar-refractivity contribution is -0.136. The van der Waals surface area contributed by atoms with Crippen LogP contribution in [0.15, 0.2) is 60.7 Å². The molecule has 3 aromatic carbocycles. The molecule has 2 unspecified atom stereocenters. The molecule has 5 nitrogen and oxygen atoms in total. The zero-order chi connectivity index (χ0) is 25.4. The van der Waals surface area contributed by atoms with Crippen LogP contribution in [0, 0.1) is 12.8 Å². The summed E-state index contributed by atoms with van der Waals surface area (Å²) in [4.78, 5) is 11.0. The molecule has 0 aliphatic heterocycles. The zero-order valence-electron chi connectivity index (χ0n) is 20.5. The first-order chi connectivity index (χ1) is 16.8. The van der Waals surface area contributed by atoms with E-state index in [1.807, 2.05) is 61.5 Å². The molecule has 0 amide bonds. The summed E-state index contributed by atoms with van der Waals surface area (Å²) in [7, 11) is 3.22. The molecule has 0 fully saturated rings. The fraction of sp³-hybridized carbons (Fsp3) is 0.345. The van der Waals surface area contributed by atoms with Crippen LogP contribution in [0.5, 0.6) is 11.5 Å². The lowest BCUT2D eigenvalue weighted by Gasteiger charge is -2.25. The topological polar surface area (TPSA) is 76.0 Å². The van der Waals surface area contributed by atoms with Gasteiger partial charge in [-0.1, -0.05) is 48.0 Å². The Morgan fingerprint density at radius 3 is 2.14 bits per heavy atom. The second kappa shape index (κ2) is 12.6. The van der Waals surface area contributed by atoms with Crippen molar-refractivity contribution < 1.29 is 24.5 Å². The van der Waals surface area contributed by atoms with E-state index < -0.39 is 12.1 Å². The first kappa shape index (κ1) is 26.6. The van der Waals surface area contributed by atoms with Gasteiger partial charge in [0.2, 0.25) is 0 Å². The molecular weight excluding hydrogens is 464 g/mol. The third kappa shape index (κ3) is 7.48. The van der Waals surface area contributed by atoms with Gasteiger partial charge >= 0.3 is 5.97 Å². The summed E-state index contributed by atoms with van der Waals surface area (Å²) in [6, 6.07) is 19.2. The van der Waals surface area contributed by atoms with E-state index in [1.165, 1.54) is 5.56 Å². The van der Waals surface area contributed by atoms with Gasteiger partial charge < -0.3 is 19.7 Å². The highest BCUT2D eigenvalue weighted by Crippen LogP contribution is 2.36. The van der Waals surface area contributed by atoms with Crippen LogP contribution in [-0.4, -0.2) is 30.4 Å². The van der Waals surface area contributed by atoms with Crippen molar-refractivity contribution >= 4 is 17.6 Å². The van der Waals surface area contributed by atoms with E-state index in [4.69, 9.17) is 26.2 Å². The van der Waals surface area contributed by atoms with Crippen molar-refractivity contribution in [2.24, 2.45) is 5.92 Å². The van der Waals surface area contributed by atoms with E-state index in [0.29, 0.717) is 17.9 Å². The molecule has 3 aromatic rings. The number of aryl methyl sites for hydroxylation is 1. The first-order valence-corrected chi connectivity index (χ1v) is 12.1. The number of aliphatic hydroxyl groups is 1. The number of methoxy groups -OCH3 is 2. The first-order valence-electron chi connectivity index (χ1n) is 11.7. The normalized spacial score (nSPS) is 12.7. The monoisotopic (exact) mass is 496 g/mol. The number of aliphatic carboxylic acids is 1. The minimum Gasteiger partial charge on any atom is -0.496 e. The molecule has 0 aliphatic rings. The second-order valence-corrected chi connectivity index (χ2v) is 9.31. The SMILES string of the molecule is COc1cc(C(O)C(CCCc2cccc(Cl)c2)Cc2ccc(CC(=O)O)cc2)cc(OC)c1C. The van der Waals surface area contributed by atoms with Gasteiger partial charge in [0.05, 0.1) is 26.7 Å². The summed E-state index contributed by atoms with van der Waals surface area (Å²) < 4.78 is 11.0. The van der Waals surface area contributed by atoms with Crippen molar-refractivity contribution in [2.45, 2.75) is 45.1 Å². The number of ether oxygens (including phenoxy) is 2. The maximum absolute atomic E-state index is 11.5. The Bertz CT molecular complexity index is 1100. The highest BCUT2D eigenvalue weighted by Gasteiger charge is 2.24. The molecule has 186 valence electrons. The molecule has 0 bridgehead atoms. The highest BCUT2D eigenvalue weighted by atomic mass is 35.5. The molecule has 35 heavy (non-hydrogen) atoms. The summed E-state index contributed by atoms with van der Waals surface area (Å²) in [6.45, 7) is 1.93. The van der Waals surface area contributed by atoms with Gasteiger partial charge in [0.25, 0.3) is 0 Å². The van der Waals surface area contributed by atoms with Gasteiger partial charge in [-0.15, -0.1) is 0 Å². The van der Waals surface area contributed by atoms with Crippen molar-refractivity contribution in [1.29, 1.82) is 0 Å². The van der Waals surface area contributed by atoms with E-state index in [2.05, 4.69) is 6.07 Å². The molecule has 2 atom stereocenters. The van der Waals surface area contributed by atoms with E-state index in [9.17, 15) is 9.90 Å². The van der Waals surface area contributed by atoms with Gasteiger partial charge in [-0.2, -0.15) is 0 Å². The van der Waals surface area contributed by atoms with Gasteiger partial charge in [-0.05, 0) is 85.0 Å². The molecule has 2 N–H and O–H groups in total. The fourth-order valence-corrected chi connectivity index (χ4v) is 4.67. The maximum atomic E-state index is 11.5. The predicted molar refractivity (Wildman–Crippen MR) is 139 cm³/mol. The van der Waals surface area contributed by atoms with Gasteiger partial charge in [-0.25, -0.2) is 0 Å². The Balaban J connectivity index is 1.82. The molecule has 0 aliphatic carbocycles. The molecule has 3 rings (SSSR count). The standard InChI is InChI=1S/C29H33ClO5/c1-19-26(34-2)17-24(18-27(19)35-3)29(33)23(8-4-6-20-7-5-9-25(30)15-20)14-21-10-12-22(13-11-21)16-28(31)32/h5,7,9-13,15,17-18,23,29,33H,4,6,8,14,16H2,1-3H3,(H,31,32). The van der Waals surface area contributed by atoms with E-state index >= 15 is 0 Å². The summed E-state index contributed by atoms with van der Waals surface area (Å²) in [5, 5.41) is 21.2. The minimum atomic E-state index is -0.852. The van der Waals surface area contributed by atoms with Crippen LogP contribution in [0.4, 0.5) is 0 Å². The van der Waals surface area contributed by atoms with Crippen LogP contribution in [0.3, 0.4) is 0 Å². The number of carbonyl (C=O) groups is 1. The summed E-state index contributed by atoms with van der Waals surface area (Å²) in [5.41, 5.74) is 4.61. The van der Waals surface area contributed by atoms with Gasteiger partial charge in [0.1, 0.15) is 11.5 Å². The van der Waals surface area contributed by atoms with Gasteiger partial charge in [-0.3, -0.25) is 4.79 Å². The highest BCUT2D eigenvalue weighted by molar-refractivity contribution is 6.30. The van der Waals surface area contributed by atoms with E-state index in [-0.39, 0.29) is 12.3 Å². The fourth-order valence-electron chi connectivity index (χ4n) is 4.45. The molecule has 0 spiro atoms. The van der Waals surface area contributed by atoms with Crippen molar-refractivity contribution in [3.8, 4) is 11.5 Å². The third-order valence-corrected chi connectivity index (χ3v) is 6.60. The van der Waals surface area contributed by atoms with Gasteiger partial charge in [0, 0.05) is 10.6 Å². The summed E-state index contributed by atoms with van der Waals surface area (Å²) >= 11 is 6.14. The lowest BCUT2D eigenvalue weighted by atomic mass is 9.85.